The van der Waals surface area contributed by atoms with Gasteiger partial charge in [-0.3, -0.25) is 9.69 Å². The van der Waals surface area contributed by atoms with Gasteiger partial charge in [-0.25, -0.2) is 0 Å². The van der Waals surface area contributed by atoms with Crippen LogP contribution in [0.15, 0.2) is 0 Å². The topological polar surface area (TPSA) is 55.8 Å². The quantitative estimate of drug-likeness (QED) is 0.544. The zero-order chi connectivity index (χ0) is 12.6. The molecule has 0 aromatic carbocycles. The van der Waals surface area contributed by atoms with E-state index in [4.69, 9.17) is 5.11 Å². The molecule has 0 atom stereocenters. The summed E-state index contributed by atoms with van der Waals surface area (Å²) < 4.78 is 0. The minimum absolute atomic E-state index is 0.118. The lowest BCUT2D eigenvalue weighted by atomic mass is 10.3. The number of hydrogen-bond donors (Lipinski definition) is 2. The Morgan fingerprint density at radius 3 is 2.25 bits per heavy atom. The summed E-state index contributed by atoms with van der Waals surface area (Å²) in [7, 11) is 4.07. The van der Waals surface area contributed by atoms with E-state index in [0.717, 1.165) is 26.2 Å². The normalized spacial score (nSPS) is 11.7. The molecule has 5 nitrogen and oxygen atoms in total. The van der Waals surface area contributed by atoms with E-state index in [1.54, 1.807) is 0 Å². The molecular weight excluding hydrogens is 206 g/mol. The van der Waals surface area contributed by atoms with Gasteiger partial charge in [-0.1, -0.05) is 0 Å². The fraction of sp³-hybridized carbons (Fsp3) is 0.909. The molecular formula is C11H25N3O2. The molecule has 0 aliphatic carbocycles. The first-order valence-electron chi connectivity index (χ1n) is 5.74. The van der Waals surface area contributed by atoms with Crippen LogP contribution in [-0.2, 0) is 4.79 Å². The third-order valence-electron chi connectivity index (χ3n) is 2.38. The average Bonchev–Trinajstić information content (AvgIpc) is 2.14. The SMILES string of the molecule is CC(C)N(CCNCCN(C)C)CC(=O)O. The highest BCUT2D eigenvalue weighted by Gasteiger charge is 2.12. The minimum Gasteiger partial charge on any atom is -0.480 e. The van der Waals surface area contributed by atoms with Crippen molar-refractivity contribution in [1.29, 1.82) is 0 Å². The van der Waals surface area contributed by atoms with E-state index in [0.29, 0.717) is 0 Å². The average molecular weight is 231 g/mol. The predicted molar refractivity (Wildman–Crippen MR) is 65.8 cm³/mol. The first-order valence-corrected chi connectivity index (χ1v) is 5.74. The molecule has 0 aromatic rings. The first-order chi connectivity index (χ1) is 7.43. The van der Waals surface area contributed by atoms with Gasteiger partial charge in [0.15, 0.2) is 0 Å². The molecule has 0 amide bonds. The molecule has 0 aromatic heterocycles. The fourth-order valence-electron chi connectivity index (χ4n) is 1.34. The van der Waals surface area contributed by atoms with Crippen LogP contribution in [0, 0.1) is 0 Å². The van der Waals surface area contributed by atoms with Gasteiger partial charge >= 0.3 is 5.97 Å². The number of nitrogens with zero attached hydrogens (tertiary/aromatic N) is 2. The molecule has 0 spiro atoms. The monoisotopic (exact) mass is 231 g/mol. The van der Waals surface area contributed by atoms with Crippen LogP contribution in [0.3, 0.4) is 0 Å². The van der Waals surface area contributed by atoms with Crippen molar-refractivity contribution in [2.75, 3.05) is 46.8 Å². The molecule has 16 heavy (non-hydrogen) atoms. The van der Waals surface area contributed by atoms with Crippen molar-refractivity contribution in [3.8, 4) is 0 Å². The molecule has 0 saturated carbocycles. The summed E-state index contributed by atoms with van der Waals surface area (Å²) in [5.74, 6) is -0.762. The molecule has 96 valence electrons. The number of carboxylic acid groups (broad SMARTS) is 1. The highest BCUT2D eigenvalue weighted by atomic mass is 16.4. The van der Waals surface area contributed by atoms with Crippen LogP contribution < -0.4 is 5.32 Å². The lowest BCUT2D eigenvalue weighted by Crippen LogP contribution is -2.41. The standard InChI is InChI=1S/C11H25N3O2/c1-10(2)14(9-11(15)16)8-6-12-5-7-13(3)4/h10,12H,5-9H2,1-4H3,(H,15,16). The zero-order valence-corrected chi connectivity index (χ0v) is 10.9. The molecule has 0 fully saturated rings. The Bertz CT molecular complexity index is 196. The van der Waals surface area contributed by atoms with Crippen molar-refractivity contribution in [3.63, 3.8) is 0 Å². The Morgan fingerprint density at radius 1 is 1.25 bits per heavy atom. The van der Waals surface area contributed by atoms with E-state index >= 15 is 0 Å². The van der Waals surface area contributed by atoms with Crippen molar-refractivity contribution in [3.05, 3.63) is 0 Å². The third-order valence-corrected chi connectivity index (χ3v) is 2.38. The first kappa shape index (κ1) is 15.3. The Labute approximate surface area is 98.4 Å². The van der Waals surface area contributed by atoms with Gasteiger partial charge in [0.1, 0.15) is 0 Å². The van der Waals surface area contributed by atoms with Gasteiger partial charge in [-0.15, -0.1) is 0 Å². The number of likely N-dealkylation sites (N-methyl/N-ethyl adjacent to an activating group) is 1. The molecule has 0 radical (unpaired) electrons. The summed E-state index contributed by atoms with van der Waals surface area (Å²) in [5, 5.41) is 12.0. The second-order valence-corrected chi connectivity index (χ2v) is 4.51. The van der Waals surface area contributed by atoms with Crippen LogP contribution in [0.4, 0.5) is 0 Å². The van der Waals surface area contributed by atoms with Crippen LogP contribution in [0.25, 0.3) is 0 Å². The second kappa shape index (κ2) is 8.50. The molecule has 0 unspecified atom stereocenters. The van der Waals surface area contributed by atoms with Crippen molar-refractivity contribution in [2.45, 2.75) is 19.9 Å². The highest BCUT2D eigenvalue weighted by molar-refractivity contribution is 5.69. The fourth-order valence-corrected chi connectivity index (χ4v) is 1.34. The predicted octanol–water partition coefficient (Wildman–Crippen LogP) is -0.0674. The Hall–Kier alpha value is -0.650. The maximum absolute atomic E-state index is 10.6. The summed E-state index contributed by atoms with van der Waals surface area (Å²) >= 11 is 0. The molecule has 0 rings (SSSR count). The largest absolute Gasteiger partial charge is 0.480 e. The summed E-state index contributed by atoms with van der Waals surface area (Å²) in [6, 6.07) is 0.270. The lowest BCUT2D eigenvalue weighted by Gasteiger charge is -2.24. The summed E-state index contributed by atoms with van der Waals surface area (Å²) in [6.45, 7) is 7.70. The van der Waals surface area contributed by atoms with Gasteiger partial charge in [-0.2, -0.15) is 0 Å². The number of aliphatic carboxylic acids is 1. The molecule has 2 N–H and O–H groups in total. The van der Waals surface area contributed by atoms with Gasteiger partial charge in [0.05, 0.1) is 6.54 Å². The summed E-state index contributed by atoms with van der Waals surface area (Å²) in [4.78, 5) is 14.7. The second-order valence-electron chi connectivity index (χ2n) is 4.51. The maximum Gasteiger partial charge on any atom is 0.317 e. The van der Waals surface area contributed by atoms with Crippen LogP contribution >= 0.6 is 0 Å². The van der Waals surface area contributed by atoms with Gasteiger partial charge in [-0.05, 0) is 27.9 Å². The Balaban J connectivity index is 3.64. The third kappa shape index (κ3) is 8.64. The summed E-state index contributed by atoms with van der Waals surface area (Å²) in [6.07, 6.45) is 0. The van der Waals surface area contributed by atoms with E-state index < -0.39 is 5.97 Å². The van der Waals surface area contributed by atoms with Gasteiger partial charge in [0, 0.05) is 32.2 Å². The molecule has 0 heterocycles. The number of hydrogen-bond acceptors (Lipinski definition) is 4. The Kier molecular flexibility index (Phi) is 8.15. The van der Waals surface area contributed by atoms with E-state index in [1.807, 2.05) is 32.8 Å². The van der Waals surface area contributed by atoms with Crippen LogP contribution in [0.5, 0.6) is 0 Å². The Morgan fingerprint density at radius 2 is 1.81 bits per heavy atom. The highest BCUT2D eigenvalue weighted by Crippen LogP contribution is 1.96. The van der Waals surface area contributed by atoms with Crippen molar-refractivity contribution in [2.24, 2.45) is 0 Å². The van der Waals surface area contributed by atoms with E-state index in [2.05, 4.69) is 10.2 Å². The molecule has 0 aliphatic rings. The van der Waals surface area contributed by atoms with Gasteiger partial charge in [0.2, 0.25) is 0 Å². The van der Waals surface area contributed by atoms with E-state index in [9.17, 15) is 4.79 Å². The number of carboxylic acids is 1. The van der Waals surface area contributed by atoms with Crippen molar-refractivity contribution >= 4 is 5.97 Å². The molecule has 5 heteroatoms. The van der Waals surface area contributed by atoms with Crippen LogP contribution in [-0.4, -0.2) is 73.7 Å². The molecule has 0 bridgehead atoms. The zero-order valence-electron chi connectivity index (χ0n) is 10.9. The van der Waals surface area contributed by atoms with Crippen LogP contribution in [0.2, 0.25) is 0 Å². The van der Waals surface area contributed by atoms with Crippen molar-refractivity contribution in [1.82, 2.24) is 15.1 Å². The summed E-state index contributed by atoms with van der Waals surface area (Å²) in [5.41, 5.74) is 0. The number of nitrogens with one attached hydrogen (secondary N) is 1. The number of rotatable bonds is 9. The molecule has 0 aliphatic heterocycles. The maximum atomic E-state index is 10.6. The van der Waals surface area contributed by atoms with E-state index in [1.165, 1.54) is 0 Å². The van der Waals surface area contributed by atoms with Crippen LogP contribution in [0.1, 0.15) is 13.8 Å². The van der Waals surface area contributed by atoms with Gasteiger partial charge < -0.3 is 15.3 Å². The minimum atomic E-state index is -0.762. The number of carbonyl (C=O) groups is 1. The van der Waals surface area contributed by atoms with Crippen molar-refractivity contribution < 1.29 is 9.90 Å². The molecule has 0 saturated heterocycles. The van der Waals surface area contributed by atoms with Gasteiger partial charge in [0.25, 0.3) is 0 Å². The lowest BCUT2D eigenvalue weighted by molar-refractivity contribution is -0.138. The van der Waals surface area contributed by atoms with E-state index in [-0.39, 0.29) is 12.6 Å². The smallest absolute Gasteiger partial charge is 0.317 e.